The van der Waals surface area contributed by atoms with Crippen LogP contribution in [0.25, 0.3) is 0 Å². The van der Waals surface area contributed by atoms with Crippen molar-refractivity contribution in [3.63, 3.8) is 0 Å². The van der Waals surface area contributed by atoms with E-state index in [2.05, 4.69) is 15.3 Å². The summed E-state index contributed by atoms with van der Waals surface area (Å²) in [6.07, 6.45) is 5.81. The zero-order chi connectivity index (χ0) is 15.4. The topological polar surface area (TPSA) is 78.4 Å². The summed E-state index contributed by atoms with van der Waals surface area (Å²) in [5.74, 6) is 0.908. The summed E-state index contributed by atoms with van der Waals surface area (Å²) < 4.78 is 0. The number of nitrogens with zero attached hydrogens (tertiary/aromatic N) is 4. The SMILES string of the molecule is O=C(NCCN1CCCC1=O)[C@@H]1CCN(c2ncccn2)C1. The molecule has 7 nitrogen and oxygen atoms in total. The third kappa shape index (κ3) is 3.35. The monoisotopic (exact) mass is 303 g/mol. The third-order valence-corrected chi connectivity index (χ3v) is 4.25. The number of likely N-dealkylation sites (tertiary alicyclic amines) is 1. The largest absolute Gasteiger partial charge is 0.354 e. The molecule has 2 aliphatic rings. The summed E-state index contributed by atoms with van der Waals surface area (Å²) in [5, 5.41) is 2.94. The summed E-state index contributed by atoms with van der Waals surface area (Å²) >= 11 is 0. The average molecular weight is 303 g/mol. The van der Waals surface area contributed by atoms with E-state index in [0.717, 1.165) is 25.9 Å². The molecule has 0 aromatic carbocycles. The normalized spacial score (nSPS) is 21.5. The highest BCUT2D eigenvalue weighted by Gasteiger charge is 2.29. The van der Waals surface area contributed by atoms with Gasteiger partial charge in [-0.15, -0.1) is 0 Å². The second kappa shape index (κ2) is 6.72. The van der Waals surface area contributed by atoms with Crippen molar-refractivity contribution >= 4 is 17.8 Å². The maximum Gasteiger partial charge on any atom is 0.225 e. The van der Waals surface area contributed by atoms with Gasteiger partial charge >= 0.3 is 0 Å². The van der Waals surface area contributed by atoms with Crippen LogP contribution in [0.15, 0.2) is 18.5 Å². The molecule has 0 bridgehead atoms. The van der Waals surface area contributed by atoms with Gasteiger partial charge in [0.2, 0.25) is 17.8 Å². The fraction of sp³-hybridized carbons (Fsp3) is 0.600. The van der Waals surface area contributed by atoms with Gasteiger partial charge in [-0.05, 0) is 18.9 Å². The molecule has 1 N–H and O–H groups in total. The van der Waals surface area contributed by atoms with Crippen LogP contribution in [0.2, 0.25) is 0 Å². The number of hydrogen-bond donors (Lipinski definition) is 1. The minimum atomic E-state index is -0.0296. The molecule has 0 saturated carbocycles. The van der Waals surface area contributed by atoms with E-state index in [4.69, 9.17) is 0 Å². The van der Waals surface area contributed by atoms with Gasteiger partial charge in [-0.2, -0.15) is 0 Å². The lowest BCUT2D eigenvalue weighted by Crippen LogP contribution is -2.39. The number of nitrogens with one attached hydrogen (secondary N) is 1. The smallest absolute Gasteiger partial charge is 0.225 e. The van der Waals surface area contributed by atoms with Gasteiger partial charge in [0.15, 0.2) is 0 Å². The van der Waals surface area contributed by atoms with Gasteiger partial charge in [-0.3, -0.25) is 9.59 Å². The molecule has 1 aromatic heterocycles. The van der Waals surface area contributed by atoms with Crippen molar-refractivity contribution in [1.29, 1.82) is 0 Å². The predicted octanol–water partition coefficient (Wildman–Crippen LogP) is 0.0415. The Kier molecular flexibility index (Phi) is 4.50. The van der Waals surface area contributed by atoms with E-state index in [-0.39, 0.29) is 17.7 Å². The number of aromatic nitrogens is 2. The Labute approximate surface area is 129 Å². The molecule has 0 aliphatic carbocycles. The second-order valence-electron chi connectivity index (χ2n) is 5.76. The van der Waals surface area contributed by atoms with E-state index < -0.39 is 0 Å². The van der Waals surface area contributed by atoms with E-state index in [1.165, 1.54) is 0 Å². The zero-order valence-electron chi connectivity index (χ0n) is 12.6. The van der Waals surface area contributed by atoms with Gasteiger partial charge < -0.3 is 15.1 Å². The molecule has 0 spiro atoms. The number of hydrogen-bond acceptors (Lipinski definition) is 5. The van der Waals surface area contributed by atoms with Crippen LogP contribution in [0.5, 0.6) is 0 Å². The minimum Gasteiger partial charge on any atom is -0.354 e. The van der Waals surface area contributed by atoms with Gasteiger partial charge in [-0.1, -0.05) is 0 Å². The van der Waals surface area contributed by atoms with Crippen molar-refractivity contribution in [2.24, 2.45) is 5.92 Å². The first-order valence-corrected chi connectivity index (χ1v) is 7.81. The number of anilines is 1. The highest BCUT2D eigenvalue weighted by Crippen LogP contribution is 2.20. The van der Waals surface area contributed by atoms with Gasteiger partial charge in [0.05, 0.1) is 5.92 Å². The van der Waals surface area contributed by atoms with Crippen molar-refractivity contribution in [3.8, 4) is 0 Å². The average Bonchev–Trinajstić information content (AvgIpc) is 3.18. The zero-order valence-corrected chi connectivity index (χ0v) is 12.6. The molecular formula is C15H21N5O2. The van der Waals surface area contributed by atoms with Crippen LogP contribution in [0.4, 0.5) is 5.95 Å². The lowest BCUT2D eigenvalue weighted by atomic mass is 10.1. The maximum atomic E-state index is 12.2. The Bertz CT molecular complexity index is 536. The van der Waals surface area contributed by atoms with Gasteiger partial charge in [-0.25, -0.2) is 9.97 Å². The summed E-state index contributed by atoms with van der Waals surface area (Å²) in [5.41, 5.74) is 0. The Morgan fingerprint density at radius 2 is 2.14 bits per heavy atom. The molecule has 3 heterocycles. The number of carbonyl (C=O) groups is 2. The molecule has 2 fully saturated rings. The van der Waals surface area contributed by atoms with Crippen LogP contribution in [0, 0.1) is 5.92 Å². The van der Waals surface area contributed by atoms with Crippen molar-refractivity contribution in [3.05, 3.63) is 18.5 Å². The molecule has 2 amide bonds. The number of amides is 2. The first kappa shape index (κ1) is 14.7. The predicted molar refractivity (Wildman–Crippen MR) is 81.2 cm³/mol. The second-order valence-corrected chi connectivity index (χ2v) is 5.76. The van der Waals surface area contributed by atoms with Gasteiger partial charge in [0, 0.05) is 51.5 Å². The van der Waals surface area contributed by atoms with Gasteiger partial charge in [0.1, 0.15) is 0 Å². The molecule has 2 saturated heterocycles. The lowest BCUT2D eigenvalue weighted by molar-refractivity contribution is -0.129. The molecule has 118 valence electrons. The van der Waals surface area contributed by atoms with Crippen molar-refractivity contribution in [2.45, 2.75) is 19.3 Å². The van der Waals surface area contributed by atoms with E-state index in [0.29, 0.717) is 32.0 Å². The molecule has 0 radical (unpaired) electrons. The molecule has 1 atom stereocenters. The Morgan fingerprint density at radius 3 is 2.86 bits per heavy atom. The molecule has 3 rings (SSSR count). The molecule has 7 heteroatoms. The molecule has 22 heavy (non-hydrogen) atoms. The van der Waals surface area contributed by atoms with E-state index in [1.807, 2.05) is 9.80 Å². The summed E-state index contributed by atoms with van der Waals surface area (Å²) in [7, 11) is 0. The summed E-state index contributed by atoms with van der Waals surface area (Å²) in [4.78, 5) is 36.0. The minimum absolute atomic E-state index is 0.0296. The fourth-order valence-corrected chi connectivity index (χ4v) is 3.01. The van der Waals surface area contributed by atoms with Crippen molar-refractivity contribution in [2.75, 3.05) is 37.6 Å². The molecular weight excluding hydrogens is 282 g/mol. The first-order chi connectivity index (χ1) is 10.7. The van der Waals surface area contributed by atoms with Gasteiger partial charge in [0.25, 0.3) is 0 Å². The maximum absolute atomic E-state index is 12.2. The van der Waals surface area contributed by atoms with E-state index >= 15 is 0 Å². The molecule has 0 unspecified atom stereocenters. The quantitative estimate of drug-likeness (QED) is 0.831. The van der Waals surface area contributed by atoms with E-state index in [1.54, 1.807) is 18.5 Å². The highest BCUT2D eigenvalue weighted by atomic mass is 16.2. The van der Waals surface area contributed by atoms with Crippen LogP contribution in [0.1, 0.15) is 19.3 Å². The van der Waals surface area contributed by atoms with Crippen LogP contribution in [-0.4, -0.2) is 59.4 Å². The first-order valence-electron chi connectivity index (χ1n) is 7.81. The number of rotatable bonds is 5. The molecule has 1 aromatic rings. The third-order valence-electron chi connectivity index (χ3n) is 4.25. The van der Waals surface area contributed by atoms with Crippen molar-refractivity contribution in [1.82, 2.24) is 20.2 Å². The van der Waals surface area contributed by atoms with Crippen LogP contribution in [-0.2, 0) is 9.59 Å². The van der Waals surface area contributed by atoms with Crippen LogP contribution < -0.4 is 10.2 Å². The Hall–Kier alpha value is -2.18. The standard InChI is InChI=1S/C15H21N5O2/c21-13-3-1-8-19(13)10-7-16-14(22)12-4-9-20(11-12)15-17-5-2-6-18-15/h2,5-6,12H,1,3-4,7-11H2,(H,16,22)/t12-/m1/s1. The molecule has 2 aliphatic heterocycles. The Balaban J connectivity index is 1.42. The van der Waals surface area contributed by atoms with E-state index in [9.17, 15) is 9.59 Å². The van der Waals surface area contributed by atoms with Crippen molar-refractivity contribution < 1.29 is 9.59 Å². The van der Waals surface area contributed by atoms with Crippen LogP contribution in [0.3, 0.4) is 0 Å². The highest BCUT2D eigenvalue weighted by molar-refractivity contribution is 5.80. The Morgan fingerprint density at radius 1 is 1.32 bits per heavy atom. The summed E-state index contributed by atoms with van der Waals surface area (Å²) in [6, 6.07) is 1.78. The summed E-state index contributed by atoms with van der Waals surface area (Å²) in [6.45, 7) is 3.41. The lowest BCUT2D eigenvalue weighted by Gasteiger charge is -2.18. The van der Waals surface area contributed by atoms with Crippen LogP contribution >= 0.6 is 0 Å². The fourth-order valence-electron chi connectivity index (χ4n) is 3.01. The number of carbonyl (C=O) groups excluding carboxylic acids is 2.